The molecule has 2 N–H and O–H groups in total. The second-order valence-electron chi connectivity index (χ2n) is 9.80. The van der Waals surface area contributed by atoms with E-state index in [2.05, 4.69) is 11.0 Å². The molecule has 3 heterocycles. The predicted octanol–water partition coefficient (Wildman–Crippen LogP) is 0.938. The van der Waals surface area contributed by atoms with E-state index in [0.717, 1.165) is 43.2 Å². The highest BCUT2D eigenvalue weighted by Gasteiger charge is 2.56. The molecule has 8 heteroatoms. The number of hydrogen-bond acceptors (Lipinski definition) is 5. The number of amides is 2. The maximum absolute atomic E-state index is 13.6. The molecule has 2 bridgehead atoms. The molecule has 3 aliphatic heterocycles. The summed E-state index contributed by atoms with van der Waals surface area (Å²) in [6, 6.07) is 6.11. The van der Waals surface area contributed by atoms with Gasteiger partial charge in [-0.25, -0.2) is 4.39 Å². The van der Waals surface area contributed by atoms with Crippen LogP contribution in [-0.4, -0.2) is 69.8 Å². The highest BCUT2D eigenvalue weighted by Crippen LogP contribution is 2.48. The summed E-state index contributed by atoms with van der Waals surface area (Å²) in [5.41, 5.74) is 8.35. The highest BCUT2D eigenvalue weighted by molar-refractivity contribution is 5.87. The third-order valence-electron chi connectivity index (χ3n) is 8.06. The lowest BCUT2D eigenvalue weighted by molar-refractivity contribution is -0.141. The summed E-state index contributed by atoms with van der Waals surface area (Å²) in [6.45, 7) is 1.05. The Bertz CT molecular complexity index is 1010. The zero-order valence-corrected chi connectivity index (χ0v) is 17.3. The Balaban J connectivity index is 1.13. The average Bonchev–Trinajstić information content (AvgIpc) is 3.08. The molecule has 6 rings (SSSR count). The number of rotatable bonds is 4. The van der Waals surface area contributed by atoms with E-state index in [1.807, 2.05) is 11.0 Å². The van der Waals surface area contributed by atoms with Gasteiger partial charge in [0, 0.05) is 25.2 Å². The van der Waals surface area contributed by atoms with Crippen LogP contribution in [0.25, 0.3) is 0 Å². The lowest BCUT2D eigenvalue weighted by Crippen LogP contribution is -2.57. The van der Waals surface area contributed by atoms with Gasteiger partial charge < -0.3 is 15.5 Å². The number of piperazine rings is 1. The van der Waals surface area contributed by atoms with Crippen molar-refractivity contribution in [2.75, 3.05) is 13.1 Å². The number of aryl methyl sites for hydroxylation is 1. The standard InChI is InChI=1S/C23H26FN5O2/c24-14-2-3-17-12(5-14)1-4-19(17)29-16-8-21(23(29)31)27(10-16)11-18(26)22(30)28-15(9-25)6-13-7-20(13)28/h2-3,5,13,15-16,18-21H,1,4,6-8,10-11,26H2/t13-,15+,16?,18+,19-,20+,21+/m1/s1. The van der Waals surface area contributed by atoms with E-state index in [4.69, 9.17) is 5.73 Å². The maximum Gasteiger partial charge on any atom is 0.242 e. The van der Waals surface area contributed by atoms with Crippen molar-refractivity contribution in [1.82, 2.24) is 14.7 Å². The lowest BCUT2D eigenvalue weighted by atomic mass is 10.1. The minimum atomic E-state index is -0.717. The molecule has 2 amide bonds. The molecule has 0 aromatic heterocycles. The zero-order valence-electron chi connectivity index (χ0n) is 17.3. The smallest absolute Gasteiger partial charge is 0.242 e. The Morgan fingerprint density at radius 2 is 2.13 bits per heavy atom. The van der Waals surface area contributed by atoms with Crippen LogP contribution in [0.15, 0.2) is 18.2 Å². The van der Waals surface area contributed by atoms with Gasteiger partial charge in [0.25, 0.3) is 0 Å². The van der Waals surface area contributed by atoms with Crippen LogP contribution in [0.3, 0.4) is 0 Å². The first-order chi connectivity index (χ1) is 15.0. The normalized spacial score (nSPS) is 36.5. The number of nitriles is 1. The topological polar surface area (TPSA) is 93.7 Å². The molecule has 7 nitrogen and oxygen atoms in total. The molecule has 1 aromatic rings. The molecule has 1 saturated carbocycles. The Morgan fingerprint density at radius 3 is 2.90 bits per heavy atom. The number of benzene rings is 1. The van der Waals surface area contributed by atoms with Crippen molar-refractivity contribution in [1.29, 1.82) is 5.26 Å². The summed E-state index contributed by atoms with van der Waals surface area (Å²) < 4.78 is 13.6. The highest BCUT2D eigenvalue weighted by atomic mass is 19.1. The van der Waals surface area contributed by atoms with Crippen molar-refractivity contribution in [2.24, 2.45) is 11.7 Å². The number of hydrogen-bond donors (Lipinski definition) is 1. The summed E-state index contributed by atoms with van der Waals surface area (Å²) in [6.07, 6.45) is 4.11. The van der Waals surface area contributed by atoms with Gasteiger partial charge in [0.2, 0.25) is 11.8 Å². The molecular weight excluding hydrogens is 397 g/mol. The summed E-state index contributed by atoms with van der Waals surface area (Å²) in [7, 11) is 0. The van der Waals surface area contributed by atoms with Crippen molar-refractivity contribution < 1.29 is 14.0 Å². The Morgan fingerprint density at radius 1 is 1.29 bits per heavy atom. The Labute approximate surface area is 180 Å². The molecule has 31 heavy (non-hydrogen) atoms. The Hall–Kier alpha value is -2.50. The fourth-order valence-electron chi connectivity index (χ4n) is 6.56. The molecule has 0 radical (unpaired) electrons. The first-order valence-electron chi connectivity index (χ1n) is 11.3. The predicted molar refractivity (Wildman–Crippen MR) is 109 cm³/mol. The minimum Gasteiger partial charge on any atom is -0.330 e. The van der Waals surface area contributed by atoms with Crippen molar-refractivity contribution >= 4 is 11.8 Å². The number of carbonyl (C=O) groups is 2. The largest absolute Gasteiger partial charge is 0.330 e. The van der Waals surface area contributed by atoms with Crippen LogP contribution in [0.1, 0.15) is 42.9 Å². The molecule has 2 aliphatic carbocycles. The van der Waals surface area contributed by atoms with Gasteiger partial charge in [-0.05, 0) is 61.3 Å². The van der Waals surface area contributed by atoms with Gasteiger partial charge in [-0.15, -0.1) is 0 Å². The monoisotopic (exact) mass is 423 g/mol. The second kappa shape index (κ2) is 6.75. The van der Waals surface area contributed by atoms with E-state index in [-0.39, 0.29) is 47.8 Å². The zero-order chi connectivity index (χ0) is 21.4. The molecule has 162 valence electrons. The third kappa shape index (κ3) is 2.83. The molecule has 5 aliphatic rings. The van der Waals surface area contributed by atoms with E-state index in [1.54, 1.807) is 11.0 Å². The van der Waals surface area contributed by atoms with Crippen molar-refractivity contribution in [3.8, 4) is 6.07 Å². The number of carbonyl (C=O) groups excluding carboxylic acids is 2. The van der Waals surface area contributed by atoms with E-state index in [1.165, 1.54) is 6.07 Å². The number of halogens is 1. The van der Waals surface area contributed by atoms with E-state index in [9.17, 15) is 19.2 Å². The summed E-state index contributed by atoms with van der Waals surface area (Å²) in [5, 5.41) is 9.36. The molecule has 1 unspecified atom stereocenters. The van der Waals surface area contributed by atoms with Crippen LogP contribution >= 0.6 is 0 Å². The fraction of sp³-hybridized carbons (Fsp3) is 0.609. The number of fused-ring (bicyclic) bond motifs is 4. The number of nitrogens with zero attached hydrogens (tertiary/aromatic N) is 4. The fourth-order valence-corrected chi connectivity index (χ4v) is 6.56. The molecule has 1 aromatic carbocycles. The van der Waals surface area contributed by atoms with Crippen molar-refractivity contribution in [3.05, 3.63) is 35.1 Å². The second-order valence-corrected chi connectivity index (χ2v) is 9.80. The van der Waals surface area contributed by atoms with Gasteiger partial charge in [0.1, 0.15) is 11.9 Å². The van der Waals surface area contributed by atoms with Gasteiger partial charge in [0.05, 0.1) is 24.2 Å². The first kappa shape index (κ1) is 19.2. The number of piperidine rings is 1. The summed E-state index contributed by atoms with van der Waals surface area (Å²) in [4.78, 5) is 31.9. The summed E-state index contributed by atoms with van der Waals surface area (Å²) >= 11 is 0. The van der Waals surface area contributed by atoms with E-state index >= 15 is 0 Å². The van der Waals surface area contributed by atoms with Crippen molar-refractivity contribution in [2.45, 2.75) is 68.4 Å². The van der Waals surface area contributed by atoms with Gasteiger partial charge >= 0.3 is 0 Å². The van der Waals surface area contributed by atoms with Crippen LogP contribution in [-0.2, 0) is 16.0 Å². The molecule has 4 fully saturated rings. The minimum absolute atomic E-state index is 0.0170. The average molecular weight is 423 g/mol. The lowest BCUT2D eigenvalue weighted by Gasteiger charge is -2.38. The Kier molecular flexibility index (Phi) is 4.18. The van der Waals surface area contributed by atoms with Gasteiger partial charge in [0.15, 0.2) is 0 Å². The molecule has 7 atom stereocenters. The quantitative estimate of drug-likeness (QED) is 0.778. The van der Waals surface area contributed by atoms with Crippen molar-refractivity contribution in [3.63, 3.8) is 0 Å². The molecular formula is C23H26FN5O2. The van der Waals surface area contributed by atoms with E-state index < -0.39 is 6.04 Å². The van der Waals surface area contributed by atoms with Gasteiger partial charge in [-0.1, -0.05) is 6.07 Å². The summed E-state index contributed by atoms with van der Waals surface area (Å²) in [5.74, 6) is 0.168. The third-order valence-corrected chi connectivity index (χ3v) is 8.06. The molecule has 0 spiro atoms. The molecule has 3 saturated heterocycles. The van der Waals surface area contributed by atoms with Crippen LogP contribution < -0.4 is 5.73 Å². The van der Waals surface area contributed by atoms with E-state index in [0.29, 0.717) is 19.0 Å². The van der Waals surface area contributed by atoms with Gasteiger partial charge in [-0.3, -0.25) is 14.5 Å². The maximum atomic E-state index is 13.6. The van der Waals surface area contributed by atoms with Gasteiger partial charge in [-0.2, -0.15) is 5.26 Å². The van der Waals surface area contributed by atoms with Crippen LogP contribution in [0, 0.1) is 23.1 Å². The van der Waals surface area contributed by atoms with Crippen LogP contribution in [0.2, 0.25) is 0 Å². The SMILES string of the molecule is N#C[C@@H]1C[C@@H]2C[C@@H]2N1C(=O)[C@@H](N)CN1CC2C[C@H]1C(=O)N2[C@@H]1CCc2cc(F)ccc21. The number of likely N-dealkylation sites (tertiary alicyclic amines) is 3. The van der Waals surface area contributed by atoms with Crippen LogP contribution in [0.5, 0.6) is 0 Å². The first-order valence-corrected chi connectivity index (χ1v) is 11.3. The van der Waals surface area contributed by atoms with Crippen LogP contribution in [0.4, 0.5) is 4.39 Å². The number of nitrogens with two attached hydrogens (primary N) is 1.